The Balaban J connectivity index is 1.70. The topological polar surface area (TPSA) is 59.4 Å². The van der Waals surface area contributed by atoms with Crippen LogP contribution in [0.5, 0.6) is 0 Å². The number of nitrogens with one attached hydrogen (secondary N) is 1. The van der Waals surface area contributed by atoms with Crippen LogP contribution in [0.2, 0.25) is 0 Å². The first-order valence-corrected chi connectivity index (χ1v) is 8.20. The van der Waals surface area contributed by atoms with Gasteiger partial charge in [-0.3, -0.25) is 4.68 Å². The molecule has 1 aliphatic carbocycles. The average Bonchev–Trinajstić information content (AvgIpc) is 3.29. The zero-order valence-electron chi connectivity index (χ0n) is 12.9. The van der Waals surface area contributed by atoms with Crippen molar-refractivity contribution in [1.29, 1.82) is 0 Å². The highest BCUT2D eigenvalue weighted by molar-refractivity contribution is 5.91. The number of rotatable bonds is 4. The van der Waals surface area contributed by atoms with Crippen molar-refractivity contribution in [1.82, 2.24) is 25.0 Å². The van der Waals surface area contributed by atoms with E-state index in [-0.39, 0.29) is 0 Å². The summed E-state index contributed by atoms with van der Waals surface area (Å²) in [6, 6.07) is 2.57. The minimum absolute atomic E-state index is 0.521. The van der Waals surface area contributed by atoms with Gasteiger partial charge in [-0.15, -0.1) is 5.10 Å². The molecule has 0 bridgehead atoms. The second-order valence-corrected chi connectivity index (χ2v) is 6.23. The number of hydrogen-bond donors (Lipinski definition) is 1. The van der Waals surface area contributed by atoms with Crippen molar-refractivity contribution >= 4 is 11.0 Å². The molecule has 0 saturated heterocycles. The number of H-pyrrole nitrogens is 1. The SMILES string of the molecule is CC[C@H](C1CCCC1)n1cc(-c2cnnc3[nH]ccc23)cn1. The maximum Gasteiger partial charge on any atom is 0.160 e. The monoisotopic (exact) mass is 295 g/mol. The predicted molar refractivity (Wildman–Crippen MR) is 86.4 cm³/mol. The first-order valence-electron chi connectivity index (χ1n) is 8.20. The number of aromatic nitrogens is 5. The van der Waals surface area contributed by atoms with Gasteiger partial charge in [-0.25, -0.2) is 0 Å². The summed E-state index contributed by atoms with van der Waals surface area (Å²) in [6.45, 7) is 2.27. The quantitative estimate of drug-likeness (QED) is 0.792. The van der Waals surface area contributed by atoms with Gasteiger partial charge in [-0.1, -0.05) is 19.8 Å². The Morgan fingerprint density at radius 3 is 3.00 bits per heavy atom. The van der Waals surface area contributed by atoms with Gasteiger partial charge in [0.25, 0.3) is 0 Å². The van der Waals surface area contributed by atoms with Crippen LogP contribution in [-0.4, -0.2) is 25.0 Å². The van der Waals surface area contributed by atoms with Crippen molar-refractivity contribution in [3.05, 3.63) is 30.9 Å². The van der Waals surface area contributed by atoms with Crippen molar-refractivity contribution in [2.75, 3.05) is 0 Å². The lowest BCUT2D eigenvalue weighted by Gasteiger charge is -2.22. The lowest BCUT2D eigenvalue weighted by atomic mass is 9.96. The van der Waals surface area contributed by atoms with Gasteiger partial charge in [0.05, 0.1) is 18.4 Å². The Kier molecular flexibility index (Phi) is 3.41. The fourth-order valence-electron chi connectivity index (χ4n) is 3.84. The first kappa shape index (κ1) is 13.5. The van der Waals surface area contributed by atoms with Crippen molar-refractivity contribution in [3.8, 4) is 11.1 Å². The number of hydrogen-bond acceptors (Lipinski definition) is 3. The standard InChI is InChI=1S/C17H21N5/c1-2-16(12-5-3-4-6-12)22-11-13(9-20-22)15-10-19-21-17-14(15)7-8-18-17/h7-12,16H,2-6H2,1H3,(H,18,21)/t16-/m1/s1. The number of fused-ring (bicyclic) bond motifs is 1. The van der Waals surface area contributed by atoms with Crippen LogP contribution in [0.4, 0.5) is 0 Å². The molecular weight excluding hydrogens is 274 g/mol. The molecule has 5 nitrogen and oxygen atoms in total. The molecule has 1 fully saturated rings. The Bertz CT molecular complexity index is 766. The number of aromatic amines is 1. The molecule has 114 valence electrons. The van der Waals surface area contributed by atoms with Gasteiger partial charge in [0.15, 0.2) is 5.65 Å². The first-order chi connectivity index (χ1) is 10.9. The fourth-order valence-corrected chi connectivity index (χ4v) is 3.84. The van der Waals surface area contributed by atoms with Crippen LogP contribution in [0.15, 0.2) is 30.9 Å². The molecule has 0 amide bonds. The molecule has 1 atom stereocenters. The molecule has 1 aliphatic rings. The van der Waals surface area contributed by atoms with Crippen LogP contribution in [0.3, 0.4) is 0 Å². The Labute approximate surface area is 129 Å². The van der Waals surface area contributed by atoms with Crippen molar-refractivity contribution in [3.63, 3.8) is 0 Å². The van der Waals surface area contributed by atoms with Crippen LogP contribution in [0.25, 0.3) is 22.2 Å². The van der Waals surface area contributed by atoms with Gasteiger partial charge in [0, 0.05) is 28.9 Å². The molecule has 3 aromatic rings. The number of nitrogens with zero attached hydrogens (tertiary/aromatic N) is 4. The predicted octanol–water partition coefficient (Wildman–Crippen LogP) is 3.96. The molecule has 4 rings (SSSR count). The van der Waals surface area contributed by atoms with Gasteiger partial charge in [0.2, 0.25) is 0 Å². The van der Waals surface area contributed by atoms with E-state index in [2.05, 4.69) is 38.1 Å². The van der Waals surface area contributed by atoms with Crippen molar-refractivity contribution in [2.24, 2.45) is 5.92 Å². The van der Waals surface area contributed by atoms with Crippen LogP contribution < -0.4 is 0 Å². The third kappa shape index (κ3) is 2.21. The molecule has 3 heterocycles. The molecule has 3 aromatic heterocycles. The van der Waals surface area contributed by atoms with Crippen LogP contribution >= 0.6 is 0 Å². The van der Waals surface area contributed by atoms with Crippen LogP contribution in [0, 0.1) is 5.92 Å². The normalized spacial score (nSPS) is 17.3. The molecule has 0 aromatic carbocycles. The molecule has 22 heavy (non-hydrogen) atoms. The third-order valence-corrected chi connectivity index (χ3v) is 4.97. The minimum Gasteiger partial charge on any atom is -0.345 e. The molecule has 5 heteroatoms. The van der Waals surface area contributed by atoms with Crippen LogP contribution in [0.1, 0.15) is 45.1 Å². The summed E-state index contributed by atoms with van der Waals surface area (Å²) in [5.74, 6) is 0.778. The Morgan fingerprint density at radius 1 is 1.32 bits per heavy atom. The molecule has 0 radical (unpaired) electrons. The van der Waals surface area contributed by atoms with Crippen molar-refractivity contribution in [2.45, 2.75) is 45.1 Å². The minimum atomic E-state index is 0.521. The molecule has 1 N–H and O–H groups in total. The van der Waals surface area contributed by atoms with E-state index >= 15 is 0 Å². The second-order valence-electron chi connectivity index (χ2n) is 6.23. The van der Waals surface area contributed by atoms with E-state index in [4.69, 9.17) is 0 Å². The van der Waals surface area contributed by atoms with E-state index < -0.39 is 0 Å². The summed E-state index contributed by atoms with van der Waals surface area (Å²) < 4.78 is 2.17. The third-order valence-electron chi connectivity index (χ3n) is 4.97. The van der Waals surface area contributed by atoms with Gasteiger partial charge < -0.3 is 4.98 Å². The summed E-state index contributed by atoms with van der Waals surface area (Å²) in [5.41, 5.74) is 3.04. The molecular formula is C17H21N5. The largest absolute Gasteiger partial charge is 0.345 e. The molecule has 0 aliphatic heterocycles. The second kappa shape index (κ2) is 5.55. The van der Waals surface area contributed by atoms with E-state index in [0.717, 1.165) is 34.5 Å². The summed E-state index contributed by atoms with van der Waals surface area (Å²) >= 11 is 0. The molecule has 0 spiro atoms. The smallest absolute Gasteiger partial charge is 0.160 e. The average molecular weight is 295 g/mol. The Hall–Kier alpha value is -2.17. The van der Waals surface area contributed by atoms with Crippen LogP contribution in [-0.2, 0) is 0 Å². The van der Waals surface area contributed by atoms with E-state index in [9.17, 15) is 0 Å². The van der Waals surface area contributed by atoms with E-state index in [1.807, 2.05) is 24.7 Å². The maximum atomic E-state index is 4.66. The van der Waals surface area contributed by atoms with Gasteiger partial charge in [-0.05, 0) is 31.2 Å². The van der Waals surface area contributed by atoms with Gasteiger partial charge in [-0.2, -0.15) is 10.2 Å². The fraction of sp³-hybridized carbons (Fsp3) is 0.471. The van der Waals surface area contributed by atoms with E-state index in [1.165, 1.54) is 25.7 Å². The highest BCUT2D eigenvalue weighted by atomic mass is 15.3. The van der Waals surface area contributed by atoms with Gasteiger partial charge >= 0.3 is 0 Å². The maximum absolute atomic E-state index is 4.66. The molecule has 0 unspecified atom stereocenters. The summed E-state index contributed by atoms with van der Waals surface area (Å²) in [7, 11) is 0. The highest BCUT2D eigenvalue weighted by Crippen LogP contribution is 2.36. The zero-order valence-corrected chi connectivity index (χ0v) is 12.9. The van der Waals surface area contributed by atoms with E-state index in [0.29, 0.717) is 6.04 Å². The summed E-state index contributed by atoms with van der Waals surface area (Å²) in [4.78, 5) is 3.11. The summed E-state index contributed by atoms with van der Waals surface area (Å²) in [5, 5.41) is 14.0. The Morgan fingerprint density at radius 2 is 2.18 bits per heavy atom. The molecule has 1 saturated carbocycles. The highest BCUT2D eigenvalue weighted by Gasteiger charge is 2.25. The van der Waals surface area contributed by atoms with Gasteiger partial charge in [0.1, 0.15) is 0 Å². The zero-order chi connectivity index (χ0) is 14.9. The van der Waals surface area contributed by atoms with Crippen molar-refractivity contribution < 1.29 is 0 Å². The summed E-state index contributed by atoms with van der Waals surface area (Å²) in [6.07, 6.45) is 14.4. The lowest BCUT2D eigenvalue weighted by molar-refractivity contribution is 0.301. The van der Waals surface area contributed by atoms with E-state index in [1.54, 1.807) is 0 Å². The lowest BCUT2D eigenvalue weighted by Crippen LogP contribution is -2.17.